The number of fused-ring (bicyclic) bond motifs is 1. The maximum atomic E-state index is 5.27. The summed E-state index contributed by atoms with van der Waals surface area (Å²) < 4.78 is 1.24. The van der Waals surface area contributed by atoms with Gasteiger partial charge in [-0.25, -0.2) is 4.98 Å². The molecule has 2 N–H and O–H groups in total. The Bertz CT molecular complexity index is 398. The molecule has 66 valence electrons. The van der Waals surface area contributed by atoms with E-state index >= 15 is 0 Å². The van der Waals surface area contributed by atoms with E-state index in [0.29, 0.717) is 0 Å². The fraction of sp³-hybridized carbons (Fsp3) is 0.100. The Hall–Kier alpha value is -1.35. The number of para-hydroxylation sites is 1. The van der Waals surface area contributed by atoms with Gasteiger partial charge in [-0.3, -0.25) is 0 Å². The van der Waals surface area contributed by atoms with Gasteiger partial charge in [0.05, 0.1) is 15.2 Å². The maximum Gasteiger partial charge on any atom is 0.0976 e. The van der Waals surface area contributed by atoms with Crippen molar-refractivity contribution < 1.29 is 0 Å². The van der Waals surface area contributed by atoms with Gasteiger partial charge in [0, 0.05) is 6.42 Å². The van der Waals surface area contributed by atoms with E-state index in [-0.39, 0.29) is 0 Å². The van der Waals surface area contributed by atoms with E-state index in [1.165, 1.54) is 4.70 Å². The van der Waals surface area contributed by atoms with E-state index in [1.807, 2.05) is 24.3 Å². The molecule has 0 radical (unpaired) electrons. The monoisotopic (exact) mass is 190 g/mol. The largest absolute Gasteiger partial charge is 0.405 e. The van der Waals surface area contributed by atoms with Crippen molar-refractivity contribution >= 4 is 21.6 Å². The van der Waals surface area contributed by atoms with Crippen molar-refractivity contribution in [2.24, 2.45) is 5.73 Å². The topological polar surface area (TPSA) is 38.9 Å². The van der Waals surface area contributed by atoms with Crippen molar-refractivity contribution in [3.05, 3.63) is 41.5 Å². The van der Waals surface area contributed by atoms with Crippen LogP contribution in [0.5, 0.6) is 0 Å². The van der Waals surface area contributed by atoms with Crippen LogP contribution in [0.2, 0.25) is 0 Å². The lowest BCUT2D eigenvalue weighted by molar-refractivity contribution is 1.20. The third kappa shape index (κ3) is 1.70. The number of nitrogens with two attached hydrogens (primary N) is 1. The van der Waals surface area contributed by atoms with E-state index in [9.17, 15) is 0 Å². The number of allylic oxidation sites excluding steroid dienone is 1. The number of nitrogens with zero attached hydrogens (tertiary/aromatic N) is 1. The zero-order valence-electron chi connectivity index (χ0n) is 7.10. The Morgan fingerprint density at radius 2 is 2.23 bits per heavy atom. The molecule has 1 aromatic heterocycles. The van der Waals surface area contributed by atoms with E-state index in [0.717, 1.165) is 16.9 Å². The van der Waals surface area contributed by atoms with Crippen LogP contribution >= 0.6 is 11.3 Å². The van der Waals surface area contributed by atoms with Crippen molar-refractivity contribution in [1.29, 1.82) is 0 Å². The molecule has 0 aliphatic heterocycles. The lowest BCUT2D eigenvalue weighted by Crippen LogP contribution is -1.81. The minimum Gasteiger partial charge on any atom is -0.405 e. The molecule has 0 atom stereocenters. The van der Waals surface area contributed by atoms with Crippen LogP contribution in [-0.2, 0) is 6.42 Å². The average molecular weight is 190 g/mol. The van der Waals surface area contributed by atoms with Gasteiger partial charge in [0.25, 0.3) is 0 Å². The molecule has 2 aromatic rings. The molecule has 2 rings (SSSR count). The summed E-state index contributed by atoms with van der Waals surface area (Å²) in [5.41, 5.74) is 6.34. The van der Waals surface area contributed by atoms with Gasteiger partial charge >= 0.3 is 0 Å². The van der Waals surface area contributed by atoms with Crippen molar-refractivity contribution in [1.82, 2.24) is 4.98 Å². The molecule has 0 unspecified atom stereocenters. The first-order chi connectivity index (χ1) is 6.40. The Morgan fingerprint density at radius 3 is 3.00 bits per heavy atom. The lowest BCUT2D eigenvalue weighted by atomic mass is 10.3. The number of hydrogen-bond acceptors (Lipinski definition) is 3. The van der Waals surface area contributed by atoms with E-state index < -0.39 is 0 Å². The number of thiazole rings is 1. The van der Waals surface area contributed by atoms with Crippen LogP contribution in [0.25, 0.3) is 10.2 Å². The van der Waals surface area contributed by atoms with Gasteiger partial charge in [-0.1, -0.05) is 18.2 Å². The quantitative estimate of drug-likeness (QED) is 0.789. The highest BCUT2D eigenvalue weighted by molar-refractivity contribution is 7.18. The third-order valence-electron chi connectivity index (χ3n) is 1.77. The molecule has 0 aliphatic rings. The summed E-state index contributed by atoms with van der Waals surface area (Å²) in [6.45, 7) is 0. The van der Waals surface area contributed by atoms with Crippen LogP contribution in [0.4, 0.5) is 0 Å². The summed E-state index contributed by atoms with van der Waals surface area (Å²) in [5, 5.41) is 1.11. The van der Waals surface area contributed by atoms with Gasteiger partial charge < -0.3 is 5.73 Å². The minimum absolute atomic E-state index is 0.829. The second-order valence-electron chi connectivity index (χ2n) is 2.71. The van der Waals surface area contributed by atoms with Crippen LogP contribution in [0, 0.1) is 0 Å². The first-order valence-corrected chi connectivity index (χ1v) is 4.93. The number of hydrogen-bond donors (Lipinski definition) is 1. The van der Waals surface area contributed by atoms with Gasteiger partial charge in [-0.15, -0.1) is 11.3 Å². The van der Waals surface area contributed by atoms with Gasteiger partial charge in [-0.2, -0.15) is 0 Å². The molecule has 1 aromatic carbocycles. The van der Waals surface area contributed by atoms with Crippen LogP contribution < -0.4 is 5.73 Å². The van der Waals surface area contributed by atoms with Gasteiger partial charge in [-0.05, 0) is 18.3 Å². The molecular weight excluding hydrogens is 180 g/mol. The zero-order valence-corrected chi connectivity index (χ0v) is 7.92. The number of rotatable bonds is 2. The Labute approximate surface area is 80.7 Å². The summed E-state index contributed by atoms with van der Waals surface area (Å²) in [6, 6.07) is 8.15. The fourth-order valence-corrected chi connectivity index (χ4v) is 2.12. The Kier molecular flexibility index (Phi) is 2.27. The average Bonchev–Trinajstić information content (AvgIpc) is 2.57. The normalized spacial score (nSPS) is 11.4. The third-order valence-corrected chi connectivity index (χ3v) is 2.83. The summed E-state index contributed by atoms with van der Waals surface area (Å²) >= 11 is 1.72. The lowest BCUT2D eigenvalue weighted by Gasteiger charge is -1.82. The molecule has 0 saturated carbocycles. The molecule has 3 heteroatoms. The molecule has 0 aliphatic carbocycles. The SMILES string of the molecule is NC=CCc1nc2ccccc2s1. The second-order valence-corrected chi connectivity index (χ2v) is 3.82. The number of aromatic nitrogens is 1. The predicted octanol–water partition coefficient (Wildman–Crippen LogP) is 2.31. The van der Waals surface area contributed by atoms with Crippen LogP contribution in [0.3, 0.4) is 0 Å². The molecule has 1 heterocycles. The Balaban J connectivity index is 2.38. The summed E-state index contributed by atoms with van der Waals surface area (Å²) in [6.07, 6.45) is 4.31. The molecule has 0 amide bonds. The maximum absolute atomic E-state index is 5.27. The van der Waals surface area contributed by atoms with E-state index in [4.69, 9.17) is 5.73 Å². The van der Waals surface area contributed by atoms with E-state index in [2.05, 4.69) is 11.1 Å². The molecule has 0 fully saturated rings. The second kappa shape index (κ2) is 3.58. The highest BCUT2D eigenvalue weighted by Crippen LogP contribution is 2.21. The van der Waals surface area contributed by atoms with Crippen LogP contribution in [0.15, 0.2) is 36.5 Å². The molecule has 0 saturated heterocycles. The first-order valence-electron chi connectivity index (χ1n) is 4.11. The highest BCUT2D eigenvalue weighted by Gasteiger charge is 1.99. The van der Waals surface area contributed by atoms with Crippen molar-refractivity contribution in [3.8, 4) is 0 Å². The smallest absolute Gasteiger partial charge is 0.0976 e. The minimum atomic E-state index is 0.829. The van der Waals surface area contributed by atoms with E-state index in [1.54, 1.807) is 17.5 Å². The summed E-state index contributed by atoms with van der Waals surface area (Å²) in [5.74, 6) is 0. The molecule has 2 nitrogen and oxygen atoms in total. The molecular formula is C10H10N2S. The molecule has 13 heavy (non-hydrogen) atoms. The van der Waals surface area contributed by atoms with Crippen molar-refractivity contribution in [3.63, 3.8) is 0 Å². The molecule has 0 bridgehead atoms. The molecule has 0 spiro atoms. The van der Waals surface area contributed by atoms with Crippen molar-refractivity contribution in [2.75, 3.05) is 0 Å². The number of benzene rings is 1. The first kappa shape index (κ1) is 8.26. The van der Waals surface area contributed by atoms with Gasteiger partial charge in [0.1, 0.15) is 0 Å². The Morgan fingerprint density at radius 1 is 1.38 bits per heavy atom. The predicted molar refractivity (Wildman–Crippen MR) is 56.7 cm³/mol. The van der Waals surface area contributed by atoms with Crippen molar-refractivity contribution in [2.45, 2.75) is 6.42 Å². The standard InChI is InChI=1S/C10H10N2S/c11-7-3-6-10-12-8-4-1-2-5-9(8)13-10/h1-5,7H,6,11H2. The zero-order chi connectivity index (χ0) is 9.10. The van der Waals surface area contributed by atoms with Crippen LogP contribution in [0.1, 0.15) is 5.01 Å². The summed E-state index contributed by atoms with van der Waals surface area (Å²) in [4.78, 5) is 4.46. The highest BCUT2D eigenvalue weighted by atomic mass is 32.1. The van der Waals surface area contributed by atoms with Gasteiger partial charge in [0.15, 0.2) is 0 Å². The van der Waals surface area contributed by atoms with Crippen LogP contribution in [-0.4, -0.2) is 4.98 Å². The fourth-order valence-electron chi connectivity index (χ4n) is 1.18. The van der Waals surface area contributed by atoms with Gasteiger partial charge in [0.2, 0.25) is 0 Å². The summed E-state index contributed by atoms with van der Waals surface area (Å²) in [7, 11) is 0.